The summed E-state index contributed by atoms with van der Waals surface area (Å²) >= 11 is 0. The fraction of sp³-hybridized carbons (Fsp3) is 0.667. The number of nitrogens with one attached hydrogen (secondary N) is 1. The van der Waals surface area contributed by atoms with Gasteiger partial charge in [-0.05, 0) is 32.6 Å². The van der Waals surface area contributed by atoms with E-state index in [1.165, 1.54) is 6.42 Å². The number of aryl methyl sites for hydroxylation is 2. The van der Waals surface area contributed by atoms with Gasteiger partial charge in [-0.15, -0.1) is 0 Å². The molecule has 1 aliphatic rings. The normalized spacial score (nSPS) is 16.8. The molecule has 1 aromatic rings. The monoisotopic (exact) mass is 272 g/mol. The lowest BCUT2D eigenvalue weighted by Gasteiger charge is -2.25. The molecule has 18 heavy (non-hydrogen) atoms. The summed E-state index contributed by atoms with van der Waals surface area (Å²) in [6.45, 7) is 4.07. The molecule has 0 atom stereocenters. The number of hydrogen-bond acceptors (Lipinski definition) is 4. The van der Waals surface area contributed by atoms with E-state index < -0.39 is 10.0 Å². The Kier molecular flexibility index (Phi) is 3.79. The van der Waals surface area contributed by atoms with E-state index in [-0.39, 0.29) is 11.4 Å². The highest BCUT2D eigenvalue weighted by Gasteiger charge is 2.27. The topological polar surface area (TPSA) is 85.3 Å². The fourth-order valence-corrected chi connectivity index (χ4v) is 3.87. The first-order valence-corrected chi connectivity index (χ1v) is 7.72. The lowest BCUT2D eigenvalue weighted by molar-refractivity contribution is 0.316. The lowest BCUT2D eigenvalue weighted by atomic mass is 9.86. The van der Waals surface area contributed by atoms with Crippen LogP contribution in [0.25, 0.3) is 0 Å². The number of rotatable bonds is 5. The molecule has 1 aliphatic carbocycles. The molecular weight excluding hydrogens is 252 g/mol. The third-order valence-corrected chi connectivity index (χ3v) is 5.20. The second kappa shape index (κ2) is 5.03. The molecule has 0 aromatic carbocycles. The summed E-state index contributed by atoms with van der Waals surface area (Å²) < 4.78 is 32.6. The van der Waals surface area contributed by atoms with Gasteiger partial charge in [0, 0.05) is 18.7 Å². The van der Waals surface area contributed by atoms with Crippen molar-refractivity contribution >= 4 is 10.0 Å². The molecule has 6 heteroatoms. The molecule has 0 spiro atoms. The van der Waals surface area contributed by atoms with Crippen LogP contribution in [0.1, 0.15) is 36.3 Å². The van der Waals surface area contributed by atoms with Crippen molar-refractivity contribution in [3.63, 3.8) is 0 Å². The van der Waals surface area contributed by atoms with Gasteiger partial charge < -0.3 is 10.2 Å². The molecule has 0 radical (unpaired) electrons. The van der Waals surface area contributed by atoms with E-state index in [1.54, 1.807) is 13.8 Å². The van der Waals surface area contributed by atoms with Gasteiger partial charge in [-0.2, -0.15) is 0 Å². The van der Waals surface area contributed by atoms with Crippen LogP contribution in [0.2, 0.25) is 0 Å². The Hall–Kier alpha value is -0.850. The maximum atomic E-state index is 12.3. The van der Waals surface area contributed by atoms with Crippen molar-refractivity contribution in [3.05, 3.63) is 17.1 Å². The van der Waals surface area contributed by atoms with Crippen LogP contribution in [0.4, 0.5) is 0 Å². The fourth-order valence-electron chi connectivity index (χ4n) is 2.29. The molecular formula is C12H20N2O3S. The van der Waals surface area contributed by atoms with Gasteiger partial charge in [0.2, 0.25) is 10.0 Å². The van der Waals surface area contributed by atoms with Crippen molar-refractivity contribution in [2.45, 2.75) is 44.6 Å². The predicted octanol–water partition coefficient (Wildman–Crippen LogP) is 1.43. The molecule has 2 rings (SSSR count). The Morgan fingerprint density at radius 2 is 2.00 bits per heavy atom. The molecule has 0 aliphatic heterocycles. The van der Waals surface area contributed by atoms with Crippen LogP contribution in [0.3, 0.4) is 0 Å². The minimum Gasteiger partial charge on any atom is -0.465 e. The zero-order valence-electron chi connectivity index (χ0n) is 10.8. The highest BCUT2D eigenvalue weighted by molar-refractivity contribution is 7.89. The Morgan fingerprint density at radius 1 is 1.33 bits per heavy atom. The lowest BCUT2D eigenvalue weighted by Crippen LogP contribution is -2.33. The molecule has 1 fully saturated rings. The first-order chi connectivity index (χ1) is 8.45. The van der Waals surface area contributed by atoms with Crippen molar-refractivity contribution in [2.75, 3.05) is 6.54 Å². The average Bonchev–Trinajstić information content (AvgIpc) is 2.50. The van der Waals surface area contributed by atoms with Gasteiger partial charge >= 0.3 is 0 Å². The van der Waals surface area contributed by atoms with Gasteiger partial charge in [0.25, 0.3) is 0 Å². The van der Waals surface area contributed by atoms with Crippen LogP contribution in [0, 0.1) is 19.8 Å². The molecule has 1 aromatic heterocycles. The van der Waals surface area contributed by atoms with Gasteiger partial charge in [-0.25, -0.2) is 13.1 Å². The summed E-state index contributed by atoms with van der Waals surface area (Å²) in [4.78, 5) is 0.224. The van der Waals surface area contributed by atoms with Crippen LogP contribution in [-0.2, 0) is 16.6 Å². The minimum atomic E-state index is -3.51. The van der Waals surface area contributed by atoms with E-state index in [9.17, 15) is 8.42 Å². The highest BCUT2D eigenvalue weighted by Crippen LogP contribution is 2.28. The molecule has 0 saturated heterocycles. The SMILES string of the molecule is Cc1oc(C)c(S(=O)(=O)NCC2CCC2)c1CN. The zero-order chi connectivity index (χ0) is 13.3. The molecule has 0 amide bonds. The minimum absolute atomic E-state index is 0.169. The van der Waals surface area contributed by atoms with Crippen molar-refractivity contribution in [1.29, 1.82) is 0 Å². The van der Waals surface area contributed by atoms with E-state index in [0.29, 0.717) is 29.5 Å². The van der Waals surface area contributed by atoms with E-state index in [1.807, 2.05) is 0 Å². The molecule has 0 unspecified atom stereocenters. The van der Waals surface area contributed by atoms with Crippen LogP contribution >= 0.6 is 0 Å². The maximum Gasteiger partial charge on any atom is 0.244 e. The van der Waals surface area contributed by atoms with E-state index in [4.69, 9.17) is 10.2 Å². The summed E-state index contributed by atoms with van der Waals surface area (Å²) in [6.07, 6.45) is 3.41. The van der Waals surface area contributed by atoms with E-state index >= 15 is 0 Å². The van der Waals surface area contributed by atoms with Crippen molar-refractivity contribution in [3.8, 4) is 0 Å². The molecule has 1 heterocycles. The summed E-state index contributed by atoms with van der Waals surface area (Å²) in [5, 5.41) is 0. The first-order valence-electron chi connectivity index (χ1n) is 6.24. The van der Waals surface area contributed by atoms with Crippen LogP contribution < -0.4 is 10.5 Å². The number of sulfonamides is 1. The number of furan rings is 1. The summed E-state index contributed by atoms with van der Waals surface area (Å²) in [5.41, 5.74) is 6.18. The highest BCUT2D eigenvalue weighted by atomic mass is 32.2. The molecule has 102 valence electrons. The van der Waals surface area contributed by atoms with Gasteiger partial charge in [0.15, 0.2) is 0 Å². The Bertz CT molecular complexity index is 530. The van der Waals surface area contributed by atoms with E-state index in [0.717, 1.165) is 12.8 Å². The number of nitrogens with two attached hydrogens (primary N) is 1. The van der Waals surface area contributed by atoms with Crippen molar-refractivity contribution in [2.24, 2.45) is 11.7 Å². The first kappa shape index (κ1) is 13.6. The Balaban J connectivity index is 2.22. The molecule has 3 N–H and O–H groups in total. The largest absolute Gasteiger partial charge is 0.465 e. The van der Waals surface area contributed by atoms with Gasteiger partial charge in [-0.1, -0.05) is 6.42 Å². The molecule has 0 bridgehead atoms. The predicted molar refractivity (Wildman–Crippen MR) is 68.6 cm³/mol. The Labute approximate surface area is 108 Å². The summed E-state index contributed by atoms with van der Waals surface area (Å²) in [5.74, 6) is 1.47. The quantitative estimate of drug-likeness (QED) is 0.849. The van der Waals surface area contributed by atoms with Gasteiger partial charge in [0.1, 0.15) is 16.4 Å². The second-order valence-electron chi connectivity index (χ2n) is 4.88. The zero-order valence-corrected chi connectivity index (χ0v) is 11.6. The van der Waals surface area contributed by atoms with Crippen molar-refractivity contribution < 1.29 is 12.8 Å². The number of hydrogen-bond donors (Lipinski definition) is 2. The summed E-state index contributed by atoms with van der Waals surface area (Å²) in [6, 6.07) is 0. The second-order valence-corrected chi connectivity index (χ2v) is 6.58. The Morgan fingerprint density at radius 3 is 2.50 bits per heavy atom. The standard InChI is InChI=1S/C12H20N2O3S/c1-8-11(6-13)12(9(2)17-8)18(15,16)14-7-10-4-3-5-10/h10,14H,3-7,13H2,1-2H3. The molecule has 5 nitrogen and oxygen atoms in total. The van der Waals surface area contributed by atoms with Crippen LogP contribution in [-0.4, -0.2) is 15.0 Å². The van der Waals surface area contributed by atoms with Gasteiger partial charge in [0.05, 0.1) is 0 Å². The summed E-state index contributed by atoms with van der Waals surface area (Å²) in [7, 11) is -3.51. The van der Waals surface area contributed by atoms with Crippen molar-refractivity contribution in [1.82, 2.24) is 4.72 Å². The van der Waals surface area contributed by atoms with Crippen LogP contribution in [0.5, 0.6) is 0 Å². The third kappa shape index (κ3) is 2.46. The average molecular weight is 272 g/mol. The molecule has 1 saturated carbocycles. The third-order valence-electron chi connectivity index (χ3n) is 3.58. The van der Waals surface area contributed by atoms with Gasteiger partial charge in [-0.3, -0.25) is 0 Å². The van der Waals surface area contributed by atoms with E-state index in [2.05, 4.69) is 4.72 Å². The van der Waals surface area contributed by atoms with Crippen LogP contribution in [0.15, 0.2) is 9.31 Å². The smallest absolute Gasteiger partial charge is 0.244 e. The maximum absolute atomic E-state index is 12.3.